The summed E-state index contributed by atoms with van der Waals surface area (Å²) in [6, 6.07) is 0. The van der Waals surface area contributed by atoms with Crippen LogP contribution in [0.3, 0.4) is 0 Å². The summed E-state index contributed by atoms with van der Waals surface area (Å²) in [5.74, 6) is 0. The molecule has 0 aromatic rings. The van der Waals surface area contributed by atoms with Crippen molar-refractivity contribution in [2.45, 2.75) is 87.6 Å². The van der Waals surface area contributed by atoms with Crippen molar-refractivity contribution in [1.29, 1.82) is 0 Å². The third kappa shape index (κ3) is 1.92. The zero-order valence-electron chi connectivity index (χ0n) is 10.4. The molecule has 0 nitrogen and oxygen atoms in total. The summed E-state index contributed by atoms with van der Waals surface area (Å²) in [7, 11) is 0. The van der Waals surface area contributed by atoms with E-state index in [4.69, 9.17) is 0 Å². The Morgan fingerprint density at radius 2 is 0.938 bits per heavy atom. The molecule has 2 heteroatoms. The summed E-state index contributed by atoms with van der Waals surface area (Å²) in [5, 5.41) is 0. The van der Waals surface area contributed by atoms with Crippen LogP contribution >= 0.6 is 5.51 Å². The van der Waals surface area contributed by atoms with E-state index >= 15 is 0 Å². The van der Waals surface area contributed by atoms with Crippen molar-refractivity contribution < 1.29 is 0 Å². The molecule has 92 valence electrons. The predicted molar refractivity (Wildman–Crippen MR) is 74.8 cm³/mol. The van der Waals surface area contributed by atoms with Gasteiger partial charge in [0.2, 0.25) is 0 Å². The van der Waals surface area contributed by atoms with Crippen LogP contribution in [0.1, 0.15) is 70.6 Å². The van der Waals surface area contributed by atoms with Gasteiger partial charge < -0.3 is 0 Å². The van der Waals surface area contributed by atoms with Gasteiger partial charge in [-0.1, -0.05) is 0 Å². The Hall–Kier alpha value is 0.949. The molecule has 2 bridgehead atoms. The molecule has 0 N–H and O–H groups in total. The maximum atomic E-state index is 3.88. The minimum atomic E-state index is -0.678. The molecule has 0 spiro atoms. The Morgan fingerprint density at radius 1 is 0.562 bits per heavy atom. The van der Waals surface area contributed by atoms with Crippen LogP contribution in [0.2, 0.25) is 0 Å². The molecule has 3 rings (SSSR count). The first kappa shape index (κ1) is 12.0. The molecular formula is C14H25PSe. The zero-order valence-corrected chi connectivity index (χ0v) is 13.0. The predicted octanol–water partition coefficient (Wildman–Crippen LogP) is 4.53. The monoisotopic (exact) mass is 304 g/mol. The van der Waals surface area contributed by atoms with E-state index in [-0.39, 0.29) is 0 Å². The fourth-order valence-electron chi connectivity index (χ4n) is 4.62. The third-order valence-electron chi connectivity index (χ3n) is 5.44. The van der Waals surface area contributed by atoms with Gasteiger partial charge in [-0.05, 0) is 0 Å². The van der Waals surface area contributed by atoms with E-state index in [0.717, 1.165) is 17.0 Å². The Labute approximate surface area is 108 Å². The van der Waals surface area contributed by atoms with Crippen molar-refractivity contribution in [2.24, 2.45) is 0 Å². The summed E-state index contributed by atoms with van der Waals surface area (Å²) in [6.07, 6.45) is 17.1. The summed E-state index contributed by atoms with van der Waals surface area (Å²) in [4.78, 5) is 0. The zero-order chi connectivity index (χ0) is 11.0. The molecule has 2 aliphatic heterocycles. The molecule has 0 amide bonds. The molecule has 1 saturated carbocycles. The van der Waals surface area contributed by atoms with Crippen LogP contribution in [0.5, 0.6) is 0 Å². The van der Waals surface area contributed by atoms with Crippen LogP contribution in [-0.4, -0.2) is 32.1 Å². The normalized spacial score (nSPS) is 45.5. The van der Waals surface area contributed by atoms with Crippen LogP contribution in [0.25, 0.3) is 0 Å². The fraction of sp³-hybridized carbons (Fsp3) is 1.00. The first-order chi connectivity index (χ1) is 7.82. The molecule has 0 radical (unpaired) electrons. The van der Waals surface area contributed by atoms with Crippen molar-refractivity contribution in [3.05, 3.63) is 0 Å². The van der Waals surface area contributed by atoms with Crippen molar-refractivity contribution >= 4 is 20.6 Å². The molecule has 2 saturated heterocycles. The first-order valence-electron chi connectivity index (χ1n) is 7.41. The Balaban J connectivity index is 1.86. The SMILES string of the molecule is [Se]=P1(C2CCCCC2)[C@@H]2CCCC[C@H]1CC2. The van der Waals surface area contributed by atoms with Gasteiger partial charge in [0.1, 0.15) is 0 Å². The van der Waals surface area contributed by atoms with Gasteiger partial charge >= 0.3 is 108 Å². The summed E-state index contributed by atoms with van der Waals surface area (Å²) in [5.41, 5.74) is 2.78. The van der Waals surface area contributed by atoms with E-state index in [2.05, 4.69) is 15.1 Å². The summed E-state index contributed by atoms with van der Waals surface area (Å²) >= 11 is 3.88. The van der Waals surface area contributed by atoms with Crippen LogP contribution in [0.4, 0.5) is 0 Å². The van der Waals surface area contributed by atoms with Gasteiger partial charge in [0.05, 0.1) is 0 Å². The van der Waals surface area contributed by atoms with E-state index in [1.807, 2.05) is 0 Å². The molecule has 16 heavy (non-hydrogen) atoms. The van der Waals surface area contributed by atoms with Gasteiger partial charge in [-0.3, -0.25) is 0 Å². The Kier molecular flexibility index (Phi) is 3.68. The van der Waals surface area contributed by atoms with Gasteiger partial charge in [-0.2, -0.15) is 0 Å². The van der Waals surface area contributed by atoms with Crippen LogP contribution in [-0.2, 0) is 0 Å². The fourth-order valence-corrected chi connectivity index (χ4v) is 13.8. The number of rotatable bonds is 1. The molecule has 2 heterocycles. The van der Waals surface area contributed by atoms with Gasteiger partial charge in [-0.25, -0.2) is 0 Å². The first-order valence-corrected chi connectivity index (χ1v) is 11.6. The van der Waals surface area contributed by atoms with Crippen molar-refractivity contribution in [3.8, 4) is 0 Å². The van der Waals surface area contributed by atoms with Crippen molar-refractivity contribution in [1.82, 2.24) is 0 Å². The number of hydrogen-bond donors (Lipinski definition) is 0. The molecule has 1 unspecified atom stereocenters. The van der Waals surface area contributed by atoms with Gasteiger partial charge in [0.25, 0.3) is 0 Å². The topological polar surface area (TPSA) is 0 Å². The standard InChI is InChI=1S/C14H25PSe/c16-15(12-6-2-1-3-7-12)13-8-4-5-9-14(15)11-10-13/h12-14H,1-11H2/t13-,14+,15?. The molecule has 3 aliphatic rings. The van der Waals surface area contributed by atoms with E-state index in [0.29, 0.717) is 0 Å². The summed E-state index contributed by atoms with van der Waals surface area (Å²) in [6.45, 7) is 0. The Bertz CT molecular complexity index is 275. The molecule has 0 aromatic heterocycles. The maximum absolute atomic E-state index is 3.88. The van der Waals surface area contributed by atoms with Gasteiger partial charge in [0, 0.05) is 0 Å². The van der Waals surface area contributed by atoms with E-state index in [9.17, 15) is 0 Å². The average molecular weight is 303 g/mol. The second-order valence-corrected chi connectivity index (χ2v) is 13.9. The molecular weight excluding hydrogens is 278 g/mol. The van der Waals surface area contributed by atoms with E-state index < -0.39 is 5.51 Å². The van der Waals surface area contributed by atoms with E-state index in [1.165, 1.54) is 32.1 Å². The second kappa shape index (κ2) is 4.91. The van der Waals surface area contributed by atoms with Crippen molar-refractivity contribution in [3.63, 3.8) is 0 Å². The quantitative estimate of drug-likeness (QED) is 0.493. The van der Waals surface area contributed by atoms with Crippen LogP contribution < -0.4 is 0 Å². The van der Waals surface area contributed by atoms with Gasteiger partial charge in [-0.15, -0.1) is 0 Å². The van der Waals surface area contributed by atoms with Crippen molar-refractivity contribution in [2.75, 3.05) is 0 Å². The second-order valence-electron chi connectivity index (χ2n) is 6.22. The molecule has 3 atom stereocenters. The minimum absolute atomic E-state index is 0.678. The third-order valence-corrected chi connectivity index (χ3v) is 16.0. The number of fused-ring (bicyclic) bond motifs is 2. The molecule has 1 aliphatic carbocycles. The Morgan fingerprint density at radius 3 is 1.44 bits per heavy atom. The molecule has 0 aromatic carbocycles. The van der Waals surface area contributed by atoms with Crippen LogP contribution in [0.15, 0.2) is 0 Å². The summed E-state index contributed by atoms with van der Waals surface area (Å²) < 4.78 is 0. The number of hydrogen-bond acceptors (Lipinski definition) is 0. The van der Waals surface area contributed by atoms with E-state index in [1.54, 1.807) is 38.5 Å². The van der Waals surface area contributed by atoms with Gasteiger partial charge in [0.15, 0.2) is 0 Å². The molecule has 3 fully saturated rings. The average Bonchev–Trinajstić information content (AvgIpc) is 2.50. The van der Waals surface area contributed by atoms with Crippen LogP contribution in [0, 0.1) is 0 Å².